The molecule has 1 unspecified atom stereocenters. The van der Waals surface area contributed by atoms with Gasteiger partial charge in [-0.2, -0.15) is 0 Å². The lowest BCUT2D eigenvalue weighted by Crippen LogP contribution is -2.27. The Morgan fingerprint density at radius 2 is 1.74 bits per heavy atom. The van der Waals surface area contributed by atoms with E-state index in [9.17, 15) is 13.2 Å². The molecule has 1 N–H and O–H groups in total. The van der Waals surface area contributed by atoms with Gasteiger partial charge in [0.2, 0.25) is 10.0 Å². The second-order valence-electron chi connectivity index (χ2n) is 7.25. The van der Waals surface area contributed by atoms with E-state index >= 15 is 0 Å². The van der Waals surface area contributed by atoms with Gasteiger partial charge in [0.05, 0.1) is 10.9 Å². The Balaban J connectivity index is 1.77. The van der Waals surface area contributed by atoms with Crippen LogP contribution in [0.5, 0.6) is 0 Å². The van der Waals surface area contributed by atoms with E-state index in [0.29, 0.717) is 5.56 Å². The predicted octanol–water partition coefficient (Wildman–Crippen LogP) is 3.31. The lowest BCUT2D eigenvalue weighted by Gasteiger charge is -2.20. The molecule has 0 fully saturated rings. The zero-order valence-corrected chi connectivity index (χ0v) is 16.8. The molecular formula is C21H26N2O3S. The summed E-state index contributed by atoms with van der Waals surface area (Å²) in [6.45, 7) is 1.95. The third-order valence-electron chi connectivity index (χ3n) is 5.09. The number of fused-ring (bicyclic) bond motifs is 1. The summed E-state index contributed by atoms with van der Waals surface area (Å²) in [5, 5.41) is 2.98. The van der Waals surface area contributed by atoms with Crippen molar-refractivity contribution in [2.45, 2.75) is 43.5 Å². The molecule has 1 atom stereocenters. The van der Waals surface area contributed by atoms with Crippen molar-refractivity contribution in [3.05, 3.63) is 64.7 Å². The lowest BCUT2D eigenvalue weighted by atomic mass is 9.89. The Bertz CT molecular complexity index is 952. The van der Waals surface area contributed by atoms with Gasteiger partial charge in [0.1, 0.15) is 0 Å². The first-order valence-corrected chi connectivity index (χ1v) is 10.7. The molecule has 0 radical (unpaired) electrons. The summed E-state index contributed by atoms with van der Waals surface area (Å²) in [5.74, 6) is -0.281. The molecule has 2 aromatic rings. The van der Waals surface area contributed by atoms with Crippen LogP contribution in [-0.2, 0) is 22.9 Å². The average molecular weight is 387 g/mol. The smallest absolute Gasteiger partial charge is 0.251 e. The second-order valence-corrected chi connectivity index (χ2v) is 9.40. The summed E-state index contributed by atoms with van der Waals surface area (Å²) in [5.41, 5.74) is 4.19. The van der Waals surface area contributed by atoms with Crippen LogP contribution < -0.4 is 5.32 Å². The highest BCUT2D eigenvalue weighted by atomic mass is 32.2. The van der Waals surface area contributed by atoms with Crippen LogP contribution in [0.25, 0.3) is 0 Å². The average Bonchev–Trinajstić information content (AvgIpc) is 2.67. The Labute approximate surface area is 161 Å². The van der Waals surface area contributed by atoms with Crippen LogP contribution in [0.2, 0.25) is 0 Å². The van der Waals surface area contributed by atoms with E-state index in [1.807, 2.05) is 6.92 Å². The maximum absolute atomic E-state index is 12.6. The number of nitrogens with one attached hydrogen (secondary N) is 1. The SMILES string of the molecule is CC(NC(=O)c1cccc(S(=O)(=O)N(C)C)c1)c1ccc2c(c1)CCCC2. The number of hydrogen-bond acceptors (Lipinski definition) is 3. The van der Waals surface area contributed by atoms with E-state index in [1.54, 1.807) is 12.1 Å². The lowest BCUT2D eigenvalue weighted by molar-refractivity contribution is 0.0939. The van der Waals surface area contributed by atoms with Gasteiger partial charge in [0, 0.05) is 19.7 Å². The van der Waals surface area contributed by atoms with Gasteiger partial charge in [-0.05, 0) is 67.5 Å². The quantitative estimate of drug-likeness (QED) is 0.857. The van der Waals surface area contributed by atoms with E-state index in [-0.39, 0.29) is 16.8 Å². The fraction of sp³-hybridized carbons (Fsp3) is 0.381. The summed E-state index contributed by atoms with van der Waals surface area (Å²) >= 11 is 0. The molecule has 1 aliphatic rings. The van der Waals surface area contributed by atoms with Crippen molar-refractivity contribution >= 4 is 15.9 Å². The normalized spacial score (nSPS) is 15.3. The molecule has 6 heteroatoms. The Hall–Kier alpha value is -2.18. The van der Waals surface area contributed by atoms with Gasteiger partial charge in [-0.3, -0.25) is 4.79 Å². The van der Waals surface area contributed by atoms with Crippen molar-refractivity contribution in [2.75, 3.05) is 14.1 Å². The van der Waals surface area contributed by atoms with Crippen LogP contribution in [0.3, 0.4) is 0 Å². The maximum atomic E-state index is 12.6. The van der Waals surface area contributed by atoms with E-state index in [0.717, 1.165) is 22.7 Å². The van der Waals surface area contributed by atoms with Crippen LogP contribution >= 0.6 is 0 Å². The van der Waals surface area contributed by atoms with Crippen molar-refractivity contribution in [3.63, 3.8) is 0 Å². The van der Waals surface area contributed by atoms with Crippen molar-refractivity contribution in [1.82, 2.24) is 9.62 Å². The number of carbonyl (C=O) groups excluding carboxylic acids is 1. The van der Waals surface area contributed by atoms with Crippen molar-refractivity contribution < 1.29 is 13.2 Å². The van der Waals surface area contributed by atoms with E-state index in [1.165, 1.54) is 50.2 Å². The number of sulfonamides is 1. The minimum absolute atomic E-state index is 0.113. The summed E-state index contributed by atoms with van der Waals surface area (Å²) < 4.78 is 25.7. The largest absolute Gasteiger partial charge is 0.346 e. The zero-order chi connectivity index (χ0) is 19.6. The van der Waals surface area contributed by atoms with Crippen molar-refractivity contribution in [2.24, 2.45) is 0 Å². The molecular weight excluding hydrogens is 360 g/mol. The van der Waals surface area contributed by atoms with Gasteiger partial charge in [0.15, 0.2) is 0 Å². The molecule has 1 amide bonds. The van der Waals surface area contributed by atoms with E-state index in [2.05, 4.69) is 23.5 Å². The van der Waals surface area contributed by atoms with Crippen LogP contribution in [0, 0.1) is 0 Å². The number of benzene rings is 2. The molecule has 5 nitrogen and oxygen atoms in total. The standard InChI is InChI=1S/C21H26N2O3S/c1-15(17-12-11-16-7-4-5-8-18(16)13-17)22-21(24)19-9-6-10-20(14-19)27(25,26)23(2)3/h6,9-15H,4-5,7-8H2,1-3H3,(H,22,24). The topological polar surface area (TPSA) is 66.5 Å². The van der Waals surface area contributed by atoms with Crippen LogP contribution in [0.4, 0.5) is 0 Å². The number of aryl methyl sites for hydroxylation is 2. The summed E-state index contributed by atoms with van der Waals surface area (Å²) in [6, 6.07) is 12.4. The molecule has 1 aliphatic carbocycles. The fourth-order valence-electron chi connectivity index (χ4n) is 3.39. The molecule has 0 heterocycles. The van der Waals surface area contributed by atoms with Crippen molar-refractivity contribution in [1.29, 1.82) is 0 Å². The predicted molar refractivity (Wildman–Crippen MR) is 106 cm³/mol. The zero-order valence-electron chi connectivity index (χ0n) is 16.0. The highest BCUT2D eigenvalue weighted by Gasteiger charge is 2.20. The molecule has 2 aromatic carbocycles. The highest BCUT2D eigenvalue weighted by Crippen LogP contribution is 2.25. The molecule has 0 bridgehead atoms. The number of carbonyl (C=O) groups is 1. The molecule has 144 valence electrons. The fourth-order valence-corrected chi connectivity index (χ4v) is 4.34. The minimum Gasteiger partial charge on any atom is -0.346 e. The maximum Gasteiger partial charge on any atom is 0.251 e. The van der Waals surface area contributed by atoms with Gasteiger partial charge in [0.25, 0.3) is 5.91 Å². The first-order valence-electron chi connectivity index (χ1n) is 9.24. The number of nitrogens with zero attached hydrogens (tertiary/aromatic N) is 1. The van der Waals surface area contributed by atoms with Gasteiger partial charge in [-0.15, -0.1) is 0 Å². The Kier molecular flexibility index (Phi) is 5.67. The number of rotatable bonds is 5. The first kappa shape index (κ1) is 19.6. The van der Waals surface area contributed by atoms with Crippen LogP contribution in [-0.4, -0.2) is 32.7 Å². The van der Waals surface area contributed by atoms with Gasteiger partial charge in [-0.25, -0.2) is 12.7 Å². The van der Waals surface area contributed by atoms with Gasteiger partial charge in [-0.1, -0.05) is 24.3 Å². The van der Waals surface area contributed by atoms with E-state index < -0.39 is 10.0 Å². The monoisotopic (exact) mass is 386 g/mol. The van der Waals surface area contributed by atoms with Crippen LogP contribution in [0.1, 0.15) is 52.9 Å². The molecule has 0 saturated carbocycles. The Morgan fingerprint density at radius 1 is 1.04 bits per heavy atom. The third-order valence-corrected chi connectivity index (χ3v) is 6.91. The second kappa shape index (κ2) is 7.82. The highest BCUT2D eigenvalue weighted by molar-refractivity contribution is 7.89. The molecule has 0 saturated heterocycles. The molecule has 0 aliphatic heterocycles. The molecule has 0 spiro atoms. The number of hydrogen-bond donors (Lipinski definition) is 1. The number of amides is 1. The minimum atomic E-state index is -3.57. The van der Waals surface area contributed by atoms with E-state index in [4.69, 9.17) is 0 Å². The Morgan fingerprint density at radius 3 is 2.44 bits per heavy atom. The van der Waals surface area contributed by atoms with Gasteiger partial charge < -0.3 is 5.32 Å². The summed E-state index contributed by atoms with van der Waals surface area (Å²) in [7, 11) is -0.626. The van der Waals surface area contributed by atoms with Gasteiger partial charge >= 0.3 is 0 Å². The van der Waals surface area contributed by atoms with Crippen LogP contribution in [0.15, 0.2) is 47.4 Å². The third kappa shape index (κ3) is 4.22. The molecule has 0 aromatic heterocycles. The molecule has 3 rings (SSSR count). The van der Waals surface area contributed by atoms with Crippen molar-refractivity contribution in [3.8, 4) is 0 Å². The first-order chi connectivity index (χ1) is 12.8. The summed E-state index contributed by atoms with van der Waals surface area (Å²) in [6.07, 6.45) is 4.67. The molecule has 27 heavy (non-hydrogen) atoms. The summed E-state index contributed by atoms with van der Waals surface area (Å²) in [4.78, 5) is 12.8.